The minimum atomic E-state index is -0.262. The number of aromatic hydroxyl groups is 2. The number of rotatable bonds is 3. The van der Waals surface area contributed by atoms with Crippen molar-refractivity contribution in [2.45, 2.75) is 13.8 Å². The number of amides is 2. The number of thiazole rings is 2. The molecule has 0 unspecified atom stereocenters. The Balaban J connectivity index is 1.81. The Morgan fingerprint density at radius 3 is 1.39 bits per heavy atom. The van der Waals surface area contributed by atoms with Crippen molar-refractivity contribution in [1.29, 1.82) is 0 Å². The highest BCUT2D eigenvalue weighted by molar-refractivity contribution is 7.24. The third-order valence-electron chi connectivity index (χ3n) is 5.87. The number of hydrogen-bond donors (Lipinski definition) is 4. The molecule has 0 saturated carbocycles. The maximum absolute atomic E-state index is 11.8. The molecule has 2 heterocycles. The van der Waals surface area contributed by atoms with E-state index in [2.05, 4.69) is 20.6 Å². The second-order valence-corrected chi connectivity index (χ2v) is 10.3. The Morgan fingerprint density at radius 1 is 0.667 bits per heavy atom. The van der Waals surface area contributed by atoms with Crippen LogP contribution in [0.2, 0.25) is 0 Å². The molecule has 4 N–H and O–H groups in total. The van der Waals surface area contributed by atoms with Gasteiger partial charge in [0.2, 0.25) is 11.8 Å². The zero-order valence-electron chi connectivity index (χ0n) is 19.0. The van der Waals surface area contributed by atoms with Gasteiger partial charge in [-0.2, -0.15) is 0 Å². The Bertz CT molecular complexity index is 1750. The van der Waals surface area contributed by atoms with Crippen molar-refractivity contribution >= 4 is 86.7 Å². The third kappa shape index (κ3) is 3.34. The molecule has 178 valence electrons. The molecule has 0 aliphatic heterocycles. The van der Waals surface area contributed by atoms with E-state index in [0.717, 1.165) is 10.8 Å². The highest BCUT2D eigenvalue weighted by Gasteiger charge is 2.26. The highest BCUT2D eigenvalue weighted by Crippen LogP contribution is 2.54. The van der Waals surface area contributed by atoms with Crippen LogP contribution in [0, 0.1) is 0 Å². The lowest BCUT2D eigenvalue weighted by atomic mass is 9.95. The summed E-state index contributed by atoms with van der Waals surface area (Å²) in [6, 6.07) is 14.6. The fourth-order valence-corrected chi connectivity index (χ4v) is 6.65. The standard InChI is InChI=1S/C26H18N4O4S2/c1-11(31)27-25-29-19-13-7-3-5-9-15(13)21(33)17(23(19)35-25)18-22(34)16-10-6-4-8-14(16)20-24(18)36-26(30-20)28-12(2)32/h3-10,33-34H,1-2H3,(H,27,29,31)(H,28,30,32). The number of aromatic nitrogens is 2. The van der Waals surface area contributed by atoms with Crippen molar-refractivity contribution in [3.05, 3.63) is 48.5 Å². The number of benzene rings is 4. The molecule has 0 fully saturated rings. The number of carbonyl (C=O) groups excluding carboxylic acids is 2. The molecule has 0 saturated heterocycles. The summed E-state index contributed by atoms with van der Waals surface area (Å²) in [6.45, 7) is 2.81. The first-order chi connectivity index (χ1) is 17.3. The van der Waals surface area contributed by atoms with Crippen LogP contribution in [0.1, 0.15) is 13.8 Å². The minimum Gasteiger partial charge on any atom is -0.507 e. The minimum absolute atomic E-state index is 0.0162. The van der Waals surface area contributed by atoms with E-state index in [1.807, 2.05) is 36.4 Å². The van der Waals surface area contributed by atoms with E-state index in [1.54, 1.807) is 12.1 Å². The maximum atomic E-state index is 11.8. The monoisotopic (exact) mass is 514 g/mol. The largest absolute Gasteiger partial charge is 0.507 e. The van der Waals surface area contributed by atoms with Gasteiger partial charge in [-0.3, -0.25) is 9.59 Å². The van der Waals surface area contributed by atoms with E-state index in [4.69, 9.17) is 0 Å². The molecule has 0 aliphatic rings. The average molecular weight is 515 g/mol. The summed E-state index contributed by atoms with van der Waals surface area (Å²) in [6.07, 6.45) is 0. The van der Waals surface area contributed by atoms with Gasteiger partial charge in [0.25, 0.3) is 0 Å². The summed E-state index contributed by atoms with van der Waals surface area (Å²) >= 11 is 2.43. The smallest absolute Gasteiger partial charge is 0.223 e. The van der Waals surface area contributed by atoms with E-state index in [9.17, 15) is 19.8 Å². The zero-order valence-corrected chi connectivity index (χ0v) is 20.7. The van der Waals surface area contributed by atoms with Gasteiger partial charge in [-0.1, -0.05) is 71.2 Å². The summed E-state index contributed by atoms with van der Waals surface area (Å²) in [7, 11) is 0. The molecule has 0 atom stereocenters. The van der Waals surface area contributed by atoms with Crippen LogP contribution in [0.25, 0.3) is 53.1 Å². The van der Waals surface area contributed by atoms with Gasteiger partial charge in [0.05, 0.1) is 20.4 Å². The van der Waals surface area contributed by atoms with Crippen molar-refractivity contribution in [2.75, 3.05) is 10.6 Å². The zero-order chi connectivity index (χ0) is 25.1. The lowest BCUT2D eigenvalue weighted by Gasteiger charge is -2.14. The van der Waals surface area contributed by atoms with E-state index in [0.29, 0.717) is 52.6 Å². The van der Waals surface area contributed by atoms with Crippen LogP contribution in [0.15, 0.2) is 48.5 Å². The molecule has 6 rings (SSSR count). The molecule has 2 aromatic heterocycles. The van der Waals surface area contributed by atoms with E-state index in [-0.39, 0.29) is 23.3 Å². The van der Waals surface area contributed by atoms with Gasteiger partial charge in [-0.25, -0.2) is 9.97 Å². The molecular formula is C26H18N4O4S2. The van der Waals surface area contributed by atoms with Crippen LogP contribution in [0.4, 0.5) is 10.3 Å². The van der Waals surface area contributed by atoms with Crippen LogP contribution >= 0.6 is 22.7 Å². The third-order valence-corrected chi connectivity index (χ3v) is 7.85. The van der Waals surface area contributed by atoms with Gasteiger partial charge in [0.1, 0.15) is 11.5 Å². The first-order valence-electron chi connectivity index (χ1n) is 11.0. The Morgan fingerprint density at radius 2 is 1.03 bits per heavy atom. The van der Waals surface area contributed by atoms with Crippen molar-refractivity contribution < 1.29 is 19.8 Å². The maximum Gasteiger partial charge on any atom is 0.223 e. The fraction of sp³-hybridized carbons (Fsp3) is 0.0769. The summed E-state index contributed by atoms with van der Waals surface area (Å²) in [5.41, 5.74) is 1.98. The molecule has 0 spiro atoms. The highest BCUT2D eigenvalue weighted by atomic mass is 32.1. The lowest BCUT2D eigenvalue weighted by Crippen LogP contribution is -2.04. The molecule has 0 radical (unpaired) electrons. The van der Waals surface area contributed by atoms with Crippen molar-refractivity contribution in [3.8, 4) is 22.6 Å². The number of phenolic OH excluding ortho intramolecular Hbond substituents is 2. The molecule has 2 amide bonds. The van der Waals surface area contributed by atoms with Gasteiger partial charge in [-0.15, -0.1) is 0 Å². The quantitative estimate of drug-likeness (QED) is 0.223. The van der Waals surface area contributed by atoms with E-state index in [1.165, 1.54) is 36.5 Å². The van der Waals surface area contributed by atoms with Gasteiger partial charge in [-0.05, 0) is 0 Å². The SMILES string of the molecule is CC(=O)Nc1nc2c(s1)c(-c1c(O)c3ccccc3c3nc(NC(C)=O)sc13)c(O)c1ccccc12. The van der Waals surface area contributed by atoms with Crippen molar-refractivity contribution in [3.63, 3.8) is 0 Å². The Kier molecular flexibility index (Phi) is 5.02. The molecule has 0 bridgehead atoms. The average Bonchev–Trinajstić information content (AvgIpc) is 3.44. The van der Waals surface area contributed by atoms with E-state index >= 15 is 0 Å². The summed E-state index contributed by atoms with van der Waals surface area (Å²) in [5.74, 6) is -0.556. The second kappa shape index (κ2) is 8.14. The number of carbonyl (C=O) groups is 2. The molecular weight excluding hydrogens is 496 g/mol. The molecule has 6 aromatic rings. The summed E-state index contributed by atoms with van der Waals surface area (Å²) < 4.78 is 1.22. The van der Waals surface area contributed by atoms with Crippen molar-refractivity contribution in [2.24, 2.45) is 0 Å². The number of nitrogens with zero attached hydrogens (tertiary/aromatic N) is 2. The predicted octanol–water partition coefficient (Wildman–Crippen LogP) is 6.21. The van der Waals surface area contributed by atoms with Crippen LogP contribution in [0.5, 0.6) is 11.5 Å². The molecule has 4 aromatic carbocycles. The lowest BCUT2D eigenvalue weighted by molar-refractivity contribution is -0.115. The van der Waals surface area contributed by atoms with Gasteiger partial charge < -0.3 is 20.8 Å². The first-order valence-corrected chi connectivity index (χ1v) is 12.6. The summed E-state index contributed by atoms with van der Waals surface area (Å²) in [4.78, 5) is 32.8. The number of nitrogens with one attached hydrogen (secondary N) is 2. The fourth-order valence-electron chi connectivity index (χ4n) is 4.49. The predicted molar refractivity (Wildman–Crippen MR) is 145 cm³/mol. The number of fused-ring (bicyclic) bond motifs is 6. The molecule has 10 heteroatoms. The second-order valence-electron chi connectivity index (χ2n) is 8.29. The number of phenols is 2. The topological polar surface area (TPSA) is 124 Å². The van der Waals surface area contributed by atoms with Crippen LogP contribution in [-0.2, 0) is 9.59 Å². The summed E-state index contributed by atoms with van der Waals surface area (Å²) in [5, 5.41) is 32.0. The molecule has 0 aliphatic carbocycles. The van der Waals surface area contributed by atoms with E-state index < -0.39 is 0 Å². The van der Waals surface area contributed by atoms with Crippen LogP contribution in [-0.4, -0.2) is 32.0 Å². The Labute approximate surface area is 211 Å². The number of anilines is 2. The van der Waals surface area contributed by atoms with Gasteiger partial charge >= 0.3 is 0 Å². The van der Waals surface area contributed by atoms with Crippen molar-refractivity contribution in [1.82, 2.24) is 9.97 Å². The van der Waals surface area contributed by atoms with Gasteiger partial charge in [0, 0.05) is 46.5 Å². The number of hydrogen-bond acceptors (Lipinski definition) is 8. The Hall–Kier alpha value is -4.28. The molecule has 8 nitrogen and oxygen atoms in total. The van der Waals surface area contributed by atoms with Gasteiger partial charge in [0.15, 0.2) is 10.3 Å². The first kappa shape index (κ1) is 22.2. The van der Waals surface area contributed by atoms with Crippen LogP contribution < -0.4 is 10.6 Å². The molecule has 36 heavy (non-hydrogen) atoms. The normalized spacial score (nSPS) is 11.5. The van der Waals surface area contributed by atoms with Crippen LogP contribution in [0.3, 0.4) is 0 Å².